The van der Waals surface area contributed by atoms with E-state index in [1.165, 1.54) is 7.11 Å². The molecule has 0 aliphatic carbocycles. The zero-order valence-corrected chi connectivity index (χ0v) is 8.90. The van der Waals surface area contributed by atoms with Gasteiger partial charge in [-0.15, -0.1) is 0 Å². The molecule has 1 atom stereocenters. The van der Waals surface area contributed by atoms with E-state index < -0.39 is 6.10 Å². The number of hydrogen-bond donors (Lipinski definition) is 1. The molecule has 0 aliphatic heterocycles. The van der Waals surface area contributed by atoms with E-state index in [1.807, 2.05) is 30.3 Å². The lowest BCUT2D eigenvalue weighted by Crippen LogP contribution is -2.30. The maximum atomic E-state index is 11.6. The van der Waals surface area contributed by atoms with E-state index in [4.69, 9.17) is 9.57 Å². The van der Waals surface area contributed by atoms with Gasteiger partial charge in [0.1, 0.15) is 0 Å². The number of carbonyl (C=O) groups excluding carboxylic acids is 1. The molecule has 0 spiro atoms. The molecule has 1 rings (SSSR count). The summed E-state index contributed by atoms with van der Waals surface area (Å²) in [7, 11) is 1.49. The average molecular weight is 209 g/mol. The second kappa shape index (κ2) is 6.16. The predicted molar refractivity (Wildman–Crippen MR) is 56.0 cm³/mol. The van der Waals surface area contributed by atoms with Crippen LogP contribution in [0.3, 0.4) is 0 Å². The predicted octanol–water partition coefficient (Wildman–Crippen LogP) is 1.44. The van der Waals surface area contributed by atoms with Crippen LogP contribution in [-0.2, 0) is 14.4 Å². The zero-order chi connectivity index (χ0) is 11.1. The van der Waals surface area contributed by atoms with Gasteiger partial charge in [-0.25, -0.2) is 5.48 Å². The van der Waals surface area contributed by atoms with Crippen LogP contribution < -0.4 is 5.48 Å². The molecule has 0 aromatic heterocycles. The van der Waals surface area contributed by atoms with Gasteiger partial charge in [-0.3, -0.25) is 9.63 Å². The highest BCUT2D eigenvalue weighted by molar-refractivity contribution is 5.81. The van der Waals surface area contributed by atoms with Gasteiger partial charge in [0.05, 0.1) is 6.61 Å². The van der Waals surface area contributed by atoms with Crippen LogP contribution in [-0.4, -0.2) is 19.6 Å². The summed E-state index contributed by atoms with van der Waals surface area (Å²) < 4.78 is 5.10. The lowest BCUT2D eigenvalue weighted by molar-refractivity contribution is -0.144. The first kappa shape index (κ1) is 11.7. The number of carbonyl (C=O) groups is 1. The van der Waals surface area contributed by atoms with E-state index in [2.05, 4.69) is 5.48 Å². The number of hydrogen-bond acceptors (Lipinski definition) is 3. The van der Waals surface area contributed by atoms with Crippen molar-refractivity contribution in [1.82, 2.24) is 5.48 Å². The Bertz CT molecular complexity index is 300. The molecule has 82 valence electrons. The first-order valence-corrected chi connectivity index (χ1v) is 4.79. The molecular weight excluding hydrogens is 194 g/mol. The van der Waals surface area contributed by atoms with Gasteiger partial charge in [-0.1, -0.05) is 30.3 Å². The SMILES string of the molecule is CCONC(=O)C(OC)c1ccccc1. The molecule has 4 nitrogen and oxygen atoms in total. The second-order valence-electron chi connectivity index (χ2n) is 2.93. The maximum Gasteiger partial charge on any atom is 0.277 e. The summed E-state index contributed by atoms with van der Waals surface area (Å²) in [6, 6.07) is 9.26. The highest BCUT2D eigenvalue weighted by Gasteiger charge is 2.19. The van der Waals surface area contributed by atoms with Gasteiger partial charge in [0.15, 0.2) is 6.10 Å². The van der Waals surface area contributed by atoms with Crippen molar-refractivity contribution < 1.29 is 14.4 Å². The zero-order valence-electron chi connectivity index (χ0n) is 8.90. The third-order valence-electron chi connectivity index (χ3n) is 1.89. The van der Waals surface area contributed by atoms with Gasteiger partial charge in [-0.05, 0) is 12.5 Å². The fourth-order valence-electron chi connectivity index (χ4n) is 1.22. The van der Waals surface area contributed by atoms with Gasteiger partial charge in [0.25, 0.3) is 5.91 Å². The van der Waals surface area contributed by atoms with Crippen molar-refractivity contribution in [2.24, 2.45) is 0 Å². The number of benzene rings is 1. The molecule has 0 saturated heterocycles. The number of methoxy groups -OCH3 is 1. The minimum Gasteiger partial charge on any atom is -0.367 e. The molecule has 15 heavy (non-hydrogen) atoms. The summed E-state index contributed by atoms with van der Waals surface area (Å²) in [6.07, 6.45) is -0.627. The van der Waals surface area contributed by atoms with Crippen LogP contribution in [0.5, 0.6) is 0 Å². The highest BCUT2D eigenvalue weighted by Crippen LogP contribution is 2.15. The minimum atomic E-state index is -0.627. The number of ether oxygens (including phenoxy) is 1. The number of nitrogens with one attached hydrogen (secondary N) is 1. The van der Waals surface area contributed by atoms with Gasteiger partial charge < -0.3 is 4.74 Å². The fraction of sp³-hybridized carbons (Fsp3) is 0.364. The molecule has 1 aromatic rings. The third kappa shape index (κ3) is 3.34. The van der Waals surface area contributed by atoms with Crippen LogP contribution in [0.2, 0.25) is 0 Å². The Morgan fingerprint density at radius 2 is 2.07 bits per heavy atom. The van der Waals surface area contributed by atoms with E-state index >= 15 is 0 Å². The molecule has 0 saturated carbocycles. The van der Waals surface area contributed by atoms with Crippen molar-refractivity contribution in [3.05, 3.63) is 35.9 Å². The minimum absolute atomic E-state index is 0.300. The number of rotatable bonds is 5. The Balaban J connectivity index is 2.67. The van der Waals surface area contributed by atoms with E-state index in [0.29, 0.717) is 6.61 Å². The highest BCUT2D eigenvalue weighted by atomic mass is 16.7. The summed E-state index contributed by atoms with van der Waals surface area (Å²) >= 11 is 0. The third-order valence-corrected chi connectivity index (χ3v) is 1.89. The van der Waals surface area contributed by atoms with Crippen molar-refractivity contribution in [1.29, 1.82) is 0 Å². The van der Waals surface area contributed by atoms with Crippen molar-refractivity contribution >= 4 is 5.91 Å². The van der Waals surface area contributed by atoms with Gasteiger partial charge in [0.2, 0.25) is 0 Å². The van der Waals surface area contributed by atoms with Crippen LogP contribution in [0.15, 0.2) is 30.3 Å². The molecule has 0 fully saturated rings. The van der Waals surface area contributed by atoms with Gasteiger partial charge >= 0.3 is 0 Å². The summed E-state index contributed by atoms with van der Waals surface area (Å²) in [5.74, 6) is -0.300. The quantitative estimate of drug-likeness (QED) is 0.746. The van der Waals surface area contributed by atoms with Crippen LogP contribution in [0.25, 0.3) is 0 Å². The molecule has 0 radical (unpaired) electrons. The first-order chi connectivity index (χ1) is 7.29. The van der Waals surface area contributed by atoms with Crippen LogP contribution in [0.1, 0.15) is 18.6 Å². The second-order valence-corrected chi connectivity index (χ2v) is 2.93. The largest absolute Gasteiger partial charge is 0.367 e. The normalized spacial score (nSPS) is 12.1. The van der Waals surface area contributed by atoms with Crippen LogP contribution in [0, 0.1) is 0 Å². The lowest BCUT2D eigenvalue weighted by Gasteiger charge is -2.14. The molecular formula is C11H15NO3. The summed E-state index contributed by atoms with van der Waals surface area (Å²) in [4.78, 5) is 16.4. The van der Waals surface area contributed by atoms with Crippen molar-refractivity contribution in [3.8, 4) is 0 Å². The Morgan fingerprint density at radius 1 is 1.40 bits per heavy atom. The fourth-order valence-corrected chi connectivity index (χ4v) is 1.22. The van der Waals surface area contributed by atoms with Crippen LogP contribution in [0.4, 0.5) is 0 Å². The van der Waals surface area contributed by atoms with Crippen molar-refractivity contribution in [3.63, 3.8) is 0 Å². The molecule has 1 amide bonds. The lowest BCUT2D eigenvalue weighted by atomic mass is 10.1. The Hall–Kier alpha value is -1.39. The van der Waals surface area contributed by atoms with Crippen molar-refractivity contribution in [2.75, 3.05) is 13.7 Å². The molecule has 0 bridgehead atoms. The summed E-state index contributed by atoms with van der Waals surface area (Å²) in [5.41, 5.74) is 3.12. The average Bonchev–Trinajstić information content (AvgIpc) is 2.29. The Kier molecular flexibility index (Phi) is 4.80. The van der Waals surface area contributed by atoms with E-state index in [0.717, 1.165) is 5.56 Å². The standard InChI is InChI=1S/C11H15NO3/c1-3-15-12-11(13)10(14-2)9-7-5-4-6-8-9/h4-8,10H,3H2,1-2H3,(H,12,13). The number of hydroxylamine groups is 1. The molecule has 0 heterocycles. The van der Waals surface area contributed by atoms with Crippen molar-refractivity contribution in [2.45, 2.75) is 13.0 Å². The Morgan fingerprint density at radius 3 is 2.60 bits per heavy atom. The maximum absolute atomic E-state index is 11.6. The Labute approximate surface area is 89.1 Å². The van der Waals surface area contributed by atoms with Crippen LogP contribution >= 0.6 is 0 Å². The number of amides is 1. The molecule has 0 aliphatic rings. The monoisotopic (exact) mass is 209 g/mol. The smallest absolute Gasteiger partial charge is 0.277 e. The molecule has 1 unspecified atom stereocenters. The topological polar surface area (TPSA) is 47.6 Å². The molecule has 4 heteroatoms. The van der Waals surface area contributed by atoms with E-state index in [1.54, 1.807) is 6.92 Å². The summed E-state index contributed by atoms with van der Waals surface area (Å²) in [6.45, 7) is 2.22. The first-order valence-electron chi connectivity index (χ1n) is 4.79. The summed E-state index contributed by atoms with van der Waals surface area (Å²) in [5, 5.41) is 0. The van der Waals surface area contributed by atoms with E-state index in [9.17, 15) is 4.79 Å². The molecule has 1 aromatic carbocycles. The molecule has 1 N–H and O–H groups in total. The van der Waals surface area contributed by atoms with Gasteiger partial charge in [-0.2, -0.15) is 0 Å². The van der Waals surface area contributed by atoms with Gasteiger partial charge in [0, 0.05) is 7.11 Å². The van der Waals surface area contributed by atoms with E-state index in [-0.39, 0.29) is 5.91 Å².